The van der Waals surface area contributed by atoms with E-state index in [1.807, 2.05) is 36.4 Å². The first-order chi connectivity index (χ1) is 31.0. The van der Waals surface area contributed by atoms with Crippen molar-refractivity contribution < 1.29 is 54.9 Å². The van der Waals surface area contributed by atoms with Crippen molar-refractivity contribution in [1.82, 2.24) is 30.2 Å². The number of urea groups is 2. The first kappa shape index (κ1) is 48.0. The Morgan fingerprint density at radius 3 is 1.77 bits per heavy atom. The van der Waals surface area contributed by atoms with Crippen LogP contribution in [0.1, 0.15) is 22.5 Å². The van der Waals surface area contributed by atoms with Crippen LogP contribution < -0.4 is 29.8 Å². The first-order valence-electron chi connectivity index (χ1n) is 19.4. The summed E-state index contributed by atoms with van der Waals surface area (Å²) in [4.78, 5) is 28.1. The minimum Gasteiger partial charge on any atom is -0.497 e. The Kier molecular flexibility index (Phi) is 15.5. The third-order valence-corrected chi connectivity index (χ3v) is 11.2. The van der Waals surface area contributed by atoms with Crippen molar-refractivity contribution in [3.63, 3.8) is 0 Å². The molecule has 0 saturated heterocycles. The van der Waals surface area contributed by atoms with Crippen LogP contribution in [0.15, 0.2) is 97.1 Å². The van der Waals surface area contributed by atoms with E-state index in [2.05, 4.69) is 35.2 Å². The lowest BCUT2D eigenvalue weighted by Crippen LogP contribution is -2.39. The molecule has 2 aliphatic rings. The Balaban J connectivity index is 0.000000176. The molecule has 0 radical (unpaired) electrons. The second-order valence-electron chi connectivity index (χ2n) is 14.0. The molecule has 8 rings (SSSR count). The Labute approximate surface area is 380 Å². The summed E-state index contributed by atoms with van der Waals surface area (Å²) >= 11 is 11.8. The molecule has 4 heterocycles. The van der Waals surface area contributed by atoms with E-state index in [9.17, 15) is 31.2 Å². The number of nitrogens with zero attached hydrogens (tertiary/aromatic N) is 4. The normalized spacial score (nSPS) is 13.1. The zero-order valence-electron chi connectivity index (χ0n) is 34.4. The number of methoxy groups -OCH3 is 2. The fourth-order valence-corrected chi connectivity index (χ4v) is 7.43. The quantitative estimate of drug-likeness (QED) is 0.0543. The van der Waals surface area contributed by atoms with E-state index < -0.39 is 34.7 Å². The van der Waals surface area contributed by atoms with Crippen LogP contribution in [0.3, 0.4) is 0 Å². The van der Waals surface area contributed by atoms with Crippen LogP contribution >= 0.6 is 23.2 Å². The molecule has 4 amide bonds. The van der Waals surface area contributed by atoms with Gasteiger partial charge < -0.3 is 44.1 Å². The van der Waals surface area contributed by atoms with Crippen molar-refractivity contribution in [2.24, 2.45) is 0 Å². The summed E-state index contributed by atoms with van der Waals surface area (Å²) in [5.41, 5.74) is 0.181. The largest absolute Gasteiger partial charge is 0.534 e. The van der Waals surface area contributed by atoms with Gasteiger partial charge >= 0.3 is 34.8 Å². The van der Waals surface area contributed by atoms with Crippen molar-refractivity contribution in [3.05, 3.63) is 130 Å². The highest BCUT2D eigenvalue weighted by Gasteiger charge is 2.49. The Bertz CT molecular complexity index is 2740. The van der Waals surface area contributed by atoms with Crippen molar-refractivity contribution in [2.45, 2.75) is 31.4 Å². The fourth-order valence-electron chi connectivity index (χ4n) is 6.61. The van der Waals surface area contributed by atoms with Gasteiger partial charge in [-0.15, -0.1) is 5.10 Å². The number of benzene rings is 4. The van der Waals surface area contributed by atoms with E-state index in [1.54, 1.807) is 66.6 Å². The molecule has 0 bridgehead atoms. The minimum atomic E-state index is -5.86. The maximum Gasteiger partial charge on any atom is 0.534 e. The van der Waals surface area contributed by atoms with E-state index in [1.165, 1.54) is 18.1 Å². The number of rotatable bonds is 8. The predicted molar refractivity (Wildman–Crippen MR) is 237 cm³/mol. The highest BCUT2D eigenvalue weighted by Crippen LogP contribution is 2.35. The molecule has 24 heteroatoms. The molecule has 6 aromatic rings. The van der Waals surface area contributed by atoms with Gasteiger partial charge in [-0.25, -0.2) is 9.59 Å². The molecule has 0 saturated carbocycles. The van der Waals surface area contributed by atoms with Gasteiger partial charge in [0.1, 0.15) is 17.2 Å². The fraction of sp³-hybridized carbons (Fsp3) is 0.220. The summed E-state index contributed by atoms with van der Waals surface area (Å²) in [6.07, 6.45) is 0.959. The first-order valence-corrected chi connectivity index (χ1v) is 21.5. The molecule has 2 aromatic heterocycles. The van der Waals surface area contributed by atoms with Gasteiger partial charge in [0.2, 0.25) is 0 Å². The SMILES string of the molecule is COc1ccccc1-c1n[nH]c2c1CN(C(=O)Nc1cccc(Cl)c1)CC2.COc1ccccc1B(O)O.O=C(Nc1cccc(Cl)c1)N1CCc2[nH]nc(OS(=O)(=O)C(F)(F)F)c2C1. The van der Waals surface area contributed by atoms with Crippen LogP contribution in [0.4, 0.5) is 34.1 Å². The summed E-state index contributed by atoms with van der Waals surface area (Å²) in [5.74, 6) is 0.511. The van der Waals surface area contributed by atoms with E-state index in [4.69, 9.17) is 42.7 Å². The number of carbonyl (C=O) groups is 2. The lowest BCUT2D eigenvalue weighted by atomic mass is 9.80. The number of hydrogen-bond donors (Lipinski definition) is 6. The van der Waals surface area contributed by atoms with Gasteiger partial charge in [0, 0.05) is 75.3 Å². The molecular formula is C41H40BCl2F3N8O9S. The summed E-state index contributed by atoms with van der Waals surface area (Å²) in [6, 6.07) is 27.3. The number of para-hydroxylation sites is 2. The molecule has 17 nitrogen and oxygen atoms in total. The summed E-state index contributed by atoms with van der Waals surface area (Å²) in [6.45, 7) is 1.16. The zero-order valence-corrected chi connectivity index (χ0v) is 36.7. The number of halogens is 5. The Hall–Kier alpha value is -6.46. The molecule has 0 unspecified atom stereocenters. The number of H-pyrrole nitrogens is 2. The van der Waals surface area contributed by atoms with E-state index in [-0.39, 0.29) is 31.1 Å². The van der Waals surface area contributed by atoms with Gasteiger partial charge in [-0.05, 0) is 54.6 Å². The lowest BCUT2D eigenvalue weighted by Gasteiger charge is -2.27. The van der Waals surface area contributed by atoms with Crippen LogP contribution in [0.5, 0.6) is 17.4 Å². The highest BCUT2D eigenvalue weighted by atomic mass is 35.5. The molecular weight excluding hydrogens is 919 g/mol. The van der Waals surface area contributed by atoms with E-state index in [0.717, 1.165) is 34.7 Å². The maximum atomic E-state index is 12.7. The second kappa shape index (κ2) is 21.0. The number of fused-ring (bicyclic) bond motifs is 2. The van der Waals surface area contributed by atoms with E-state index >= 15 is 0 Å². The number of ether oxygens (including phenoxy) is 2. The number of nitrogens with one attached hydrogen (secondary N) is 4. The molecule has 0 fully saturated rings. The topological polar surface area (TPSA) is 224 Å². The number of aromatic nitrogens is 4. The van der Waals surface area contributed by atoms with Crippen LogP contribution in [0.25, 0.3) is 11.3 Å². The molecule has 0 atom stereocenters. The Morgan fingerprint density at radius 2 is 1.25 bits per heavy atom. The predicted octanol–water partition coefficient (Wildman–Crippen LogP) is 6.59. The smallest absolute Gasteiger partial charge is 0.497 e. The van der Waals surface area contributed by atoms with Gasteiger partial charge in [-0.3, -0.25) is 10.2 Å². The van der Waals surface area contributed by atoms with E-state index in [0.29, 0.717) is 51.4 Å². The van der Waals surface area contributed by atoms with Gasteiger partial charge in [0.15, 0.2) is 0 Å². The number of alkyl halides is 3. The summed E-state index contributed by atoms with van der Waals surface area (Å²) in [7, 11) is -4.20. The third kappa shape index (κ3) is 12.0. The van der Waals surface area contributed by atoms with Gasteiger partial charge in [-0.1, -0.05) is 65.7 Å². The van der Waals surface area contributed by atoms with Gasteiger partial charge in [0.05, 0.1) is 32.9 Å². The molecule has 342 valence electrons. The highest BCUT2D eigenvalue weighted by molar-refractivity contribution is 7.88. The monoisotopic (exact) mass is 958 g/mol. The van der Waals surface area contributed by atoms with Crippen LogP contribution in [0.2, 0.25) is 10.0 Å². The molecule has 2 aliphatic heterocycles. The minimum absolute atomic E-state index is 0.0651. The van der Waals surface area contributed by atoms with Crippen molar-refractivity contribution >= 4 is 69.3 Å². The van der Waals surface area contributed by atoms with Gasteiger partial charge in [0.25, 0.3) is 5.88 Å². The average Bonchev–Trinajstić information content (AvgIpc) is 3.89. The number of aromatic amines is 2. The van der Waals surface area contributed by atoms with Crippen LogP contribution in [-0.4, -0.2) is 101 Å². The number of anilines is 2. The van der Waals surface area contributed by atoms with Crippen molar-refractivity contribution in [3.8, 4) is 28.6 Å². The third-order valence-electron chi connectivity index (χ3n) is 9.81. The molecule has 6 N–H and O–H groups in total. The number of amides is 4. The zero-order chi connectivity index (χ0) is 46.9. The maximum absolute atomic E-state index is 12.7. The second-order valence-corrected chi connectivity index (χ2v) is 16.4. The molecule has 0 spiro atoms. The summed E-state index contributed by atoms with van der Waals surface area (Å²) in [5, 5.41) is 37.6. The number of carbonyl (C=O) groups excluding carboxylic acids is 2. The average molecular weight is 960 g/mol. The standard InChI is InChI=1S/C20H19ClN4O2.C14H12ClF3N4O4S.C7H9BO3/c1-27-18-8-3-2-7-15(18)19-16-12-25(10-9-17(16)23-24-19)20(26)22-14-6-4-5-13(21)11-14;15-8-2-1-3-9(6-8)19-13(23)22-5-4-11-10(7-22)12(21-20-11)26-27(24,25)14(16,17)18;1-11-7-5-3-2-4-6(7)8(9)10/h2-8,11H,9-10,12H2,1H3,(H,22,26)(H,23,24);1-3,6H,4-5,7H2,(H,19,23)(H,20,21);2-5,9-10H,1H3. The molecule has 65 heavy (non-hydrogen) atoms. The molecule has 0 aliphatic carbocycles. The number of hydrogen-bond acceptors (Lipinski definition) is 11. The van der Waals surface area contributed by atoms with Crippen LogP contribution in [-0.2, 0) is 36.0 Å². The van der Waals surface area contributed by atoms with Crippen molar-refractivity contribution in [1.29, 1.82) is 0 Å². The summed E-state index contributed by atoms with van der Waals surface area (Å²) < 4.78 is 74.3. The van der Waals surface area contributed by atoms with Gasteiger partial charge in [-0.2, -0.15) is 26.7 Å². The molecule has 4 aromatic carbocycles. The van der Waals surface area contributed by atoms with Crippen molar-refractivity contribution in [2.75, 3.05) is 37.9 Å². The lowest BCUT2D eigenvalue weighted by molar-refractivity contribution is -0.0501. The van der Waals surface area contributed by atoms with Crippen LogP contribution in [0, 0.1) is 0 Å². The Morgan fingerprint density at radius 1 is 0.738 bits per heavy atom.